The lowest BCUT2D eigenvalue weighted by atomic mass is 10.2. The van der Waals surface area contributed by atoms with E-state index in [0.717, 1.165) is 30.5 Å². The number of rotatable bonds is 6. The van der Waals surface area contributed by atoms with Crippen LogP contribution >= 0.6 is 0 Å². The normalized spacial score (nSPS) is 11.1. The lowest BCUT2D eigenvalue weighted by Gasteiger charge is -2.13. The molecule has 33 heavy (non-hydrogen) atoms. The van der Waals surface area contributed by atoms with Gasteiger partial charge in [0.1, 0.15) is 5.75 Å². The average Bonchev–Trinajstić information content (AvgIpc) is 2.74. The van der Waals surface area contributed by atoms with Crippen LogP contribution in [0.15, 0.2) is 47.8 Å². The first-order valence-electron chi connectivity index (χ1n) is 8.60. The van der Waals surface area contributed by atoms with Crippen molar-refractivity contribution in [3.63, 3.8) is 0 Å². The maximum Gasteiger partial charge on any atom is 0.573 e. The third-order valence-electron chi connectivity index (χ3n) is 3.92. The van der Waals surface area contributed by atoms with Crippen LogP contribution in [0.3, 0.4) is 0 Å². The molecule has 0 aliphatic rings. The largest absolute Gasteiger partial charge is 0.573 e. The fourth-order valence-corrected chi connectivity index (χ4v) is 2.52. The third kappa shape index (κ3) is 5.28. The number of nitrogens with zero attached hydrogens (tertiary/aromatic N) is 2. The second kappa shape index (κ2) is 9.02. The first-order valence-corrected chi connectivity index (χ1v) is 8.60. The Bertz CT molecular complexity index is 1240. The van der Waals surface area contributed by atoms with Crippen molar-refractivity contribution in [3.8, 4) is 17.2 Å². The summed E-state index contributed by atoms with van der Waals surface area (Å²) in [5.41, 5.74) is 3.55. The number of benzene rings is 2. The molecular weight excluding hydrogens is 462 g/mol. The Balaban J connectivity index is 1.93. The van der Waals surface area contributed by atoms with Crippen LogP contribution < -0.4 is 20.5 Å². The molecular formula is C19H10F6N4O4. The summed E-state index contributed by atoms with van der Waals surface area (Å²) >= 11 is 0. The van der Waals surface area contributed by atoms with Crippen LogP contribution in [0.1, 0.15) is 10.4 Å². The number of hydrogen-bond acceptors (Lipinski definition) is 7. The summed E-state index contributed by atoms with van der Waals surface area (Å²) in [4.78, 5) is 26.8. The number of nitroso groups, excluding NO2 is 1. The summed E-state index contributed by atoms with van der Waals surface area (Å²) in [5, 5.41) is 4.46. The SMILES string of the molecule is Nc1nccc(Oc2cc(NC(=O)c3cccc(OC(F)(F)F)c3)c(F)c(F)c2F)c1N=O. The van der Waals surface area contributed by atoms with E-state index in [1.807, 2.05) is 5.32 Å². The van der Waals surface area contributed by atoms with Gasteiger partial charge in [-0.2, -0.15) is 4.39 Å². The van der Waals surface area contributed by atoms with Crippen molar-refractivity contribution in [1.29, 1.82) is 0 Å². The number of hydrogen-bond donors (Lipinski definition) is 2. The molecule has 0 radical (unpaired) electrons. The molecule has 0 aliphatic heterocycles. The molecule has 3 aromatic rings. The summed E-state index contributed by atoms with van der Waals surface area (Å²) in [6, 6.07) is 5.31. The van der Waals surface area contributed by atoms with Crippen molar-refractivity contribution < 1.29 is 40.6 Å². The lowest BCUT2D eigenvalue weighted by molar-refractivity contribution is -0.274. The quantitative estimate of drug-likeness (QED) is 0.281. The van der Waals surface area contributed by atoms with Gasteiger partial charge in [0.05, 0.1) is 5.69 Å². The van der Waals surface area contributed by atoms with Crippen LogP contribution in [-0.2, 0) is 0 Å². The first-order chi connectivity index (χ1) is 15.5. The second-order valence-electron chi connectivity index (χ2n) is 6.13. The van der Waals surface area contributed by atoms with E-state index in [9.17, 15) is 36.0 Å². The zero-order valence-corrected chi connectivity index (χ0v) is 15.9. The maximum atomic E-state index is 14.2. The zero-order chi connectivity index (χ0) is 24.3. The minimum absolute atomic E-state index is 0.389. The number of aromatic nitrogens is 1. The van der Waals surface area contributed by atoms with Gasteiger partial charge in [0.2, 0.25) is 5.82 Å². The van der Waals surface area contributed by atoms with Gasteiger partial charge >= 0.3 is 6.36 Å². The first kappa shape index (κ1) is 23.3. The molecule has 0 fully saturated rings. The van der Waals surface area contributed by atoms with Crippen molar-refractivity contribution >= 4 is 23.1 Å². The van der Waals surface area contributed by atoms with Gasteiger partial charge in [0, 0.05) is 23.9 Å². The number of nitrogens with one attached hydrogen (secondary N) is 1. The van der Waals surface area contributed by atoms with Gasteiger partial charge in [0.25, 0.3) is 5.91 Å². The van der Waals surface area contributed by atoms with Crippen LogP contribution in [0, 0.1) is 22.4 Å². The van der Waals surface area contributed by atoms with Crippen LogP contribution in [-0.4, -0.2) is 17.3 Å². The monoisotopic (exact) mass is 472 g/mol. The van der Waals surface area contributed by atoms with Crippen molar-refractivity contribution in [2.75, 3.05) is 11.1 Å². The number of alkyl halides is 3. The average molecular weight is 472 g/mol. The fraction of sp³-hybridized carbons (Fsp3) is 0.0526. The number of anilines is 2. The van der Waals surface area contributed by atoms with Gasteiger partial charge in [0.15, 0.2) is 34.6 Å². The van der Waals surface area contributed by atoms with E-state index < -0.39 is 63.9 Å². The maximum absolute atomic E-state index is 14.2. The van der Waals surface area contributed by atoms with Gasteiger partial charge in [-0.25, -0.2) is 13.8 Å². The molecule has 172 valence electrons. The second-order valence-corrected chi connectivity index (χ2v) is 6.13. The number of pyridine rings is 1. The number of amides is 1. The number of carbonyl (C=O) groups excluding carboxylic acids is 1. The van der Waals surface area contributed by atoms with E-state index >= 15 is 0 Å². The molecule has 1 aromatic heterocycles. The Kier molecular flexibility index (Phi) is 6.37. The van der Waals surface area contributed by atoms with Crippen molar-refractivity contribution in [2.45, 2.75) is 6.36 Å². The summed E-state index contributed by atoms with van der Waals surface area (Å²) in [6.45, 7) is 0. The third-order valence-corrected chi connectivity index (χ3v) is 3.92. The topological polar surface area (TPSA) is 116 Å². The van der Waals surface area contributed by atoms with E-state index in [4.69, 9.17) is 10.5 Å². The van der Waals surface area contributed by atoms with Gasteiger partial charge in [-0.15, -0.1) is 18.1 Å². The number of nitrogens with two attached hydrogens (primary N) is 1. The molecule has 0 atom stereocenters. The molecule has 0 unspecified atom stereocenters. The smallest absolute Gasteiger partial charge is 0.451 e. The Labute approximate surface area is 179 Å². The molecule has 0 bridgehead atoms. The van der Waals surface area contributed by atoms with E-state index in [0.29, 0.717) is 12.1 Å². The van der Waals surface area contributed by atoms with Gasteiger partial charge in [-0.3, -0.25) is 4.79 Å². The summed E-state index contributed by atoms with van der Waals surface area (Å²) in [7, 11) is 0. The molecule has 0 aliphatic carbocycles. The molecule has 3 N–H and O–H groups in total. The van der Waals surface area contributed by atoms with E-state index in [-0.39, 0.29) is 5.82 Å². The summed E-state index contributed by atoms with van der Waals surface area (Å²) in [6.07, 6.45) is -3.96. The summed E-state index contributed by atoms with van der Waals surface area (Å²) < 4.78 is 88.3. The molecule has 1 amide bonds. The molecule has 2 aromatic carbocycles. The minimum Gasteiger partial charge on any atom is -0.451 e. The van der Waals surface area contributed by atoms with Crippen LogP contribution in [0.4, 0.5) is 43.5 Å². The zero-order valence-electron chi connectivity index (χ0n) is 15.9. The standard InChI is InChI=1S/C19H10F6N4O4/c20-13-10(28-18(30)8-2-1-3-9(6-8)33-19(23,24)25)7-12(14(21)15(13)22)32-11-4-5-27-17(26)16(11)29-31/h1-7H,(H2,26,27)(H,28,30). The number of nitrogen functional groups attached to an aromatic ring is 1. The Hall–Kier alpha value is -4.36. The van der Waals surface area contributed by atoms with Crippen LogP contribution in [0.25, 0.3) is 0 Å². The number of carbonyl (C=O) groups is 1. The van der Waals surface area contributed by atoms with Crippen LogP contribution in [0.5, 0.6) is 17.2 Å². The number of halogens is 6. The van der Waals surface area contributed by atoms with Crippen LogP contribution in [0.2, 0.25) is 0 Å². The van der Waals surface area contributed by atoms with Gasteiger partial charge in [-0.05, 0) is 23.4 Å². The predicted molar refractivity (Wildman–Crippen MR) is 102 cm³/mol. The predicted octanol–water partition coefficient (Wildman–Crippen LogP) is 5.42. The molecule has 0 saturated carbocycles. The minimum atomic E-state index is -5.03. The molecule has 8 nitrogen and oxygen atoms in total. The number of ether oxygens (including phenoxy) is 2. The van der Waals surface area contributed by atoms with Crippen molar-refractivity contribution in [1.82, 2.24) is 4.98 Å². The highest BCUT2D eigenvalue weighted by Gasteiger charge is 2.31. The molecule has 0 spiro atoms. The highest BCUT2D eigenvalue weighted by atomic mass is 19.4. The Morgan fingerprint density at radius 1 is 1.03 bits per heavy atom. The molecule has 0 saturated heterocycles. The van der Waals surface area contributed by atoms with E-state index in [1.54, 1.807) is 0 Å². The van der Waals surface area contributed by atoms with Crippen molar-refractivity contribution in [2.24, 2.45) is 5.18 Å². The van der Waals surface area contributed by atoms with E-state index in [2.05, 4.69) is 14.9 Å². The van der Waals surface area contributed by atoms with Gasteiger partial charge < -0.3 is 20.5 Å². The summed E-state index contributed by atoms with van der Waals surface area (Å²) in [5.74, 6) is -9.39. The Morgan fingerprint density at radius 2 is 1.76 bits per heavy atom. The fourth-order valence-electron chi connectivity index (χ4n) is 2.52. The molecule has 14 heteroatoms. The lowest BCUT2D eigenvalue weighted by Crippen LogP contribution is -2.18. The molecule has 1 heterocycles. The van der Waals surface area contributed by atoms with E-state index in [1.165, 1.54) is 0 Å². The highest BCUT2D eigenvalue weighted by Crippen LogP contribution is 2.38. The molecule has 3 rings (SSSR count). The van der Waals surface area contributed by atoms with Crippen molar-refractivity contribution in [3.05, 3.63) is 70.5 Å². The highest BCUT2D eigenvalue weighted by molar-refractivity contribution is 6.04. The Morgan fingerprint density at radius 3 is 2.42 bits per heavy atom. The van der Waals surface area contributed by atoms with Gasteiger partial charge in [-0.1, -0.05) is 6.07 Å².